The fourth-order valence-electron chi connectivity index (χ4n) is 10.7. The average Bonchev–Trinajstić information content (AvgIpc) is 3.99. The Hall–Kier alpha value is -8.12. The van der Waals surface area contributed by atoms with E-state index in [1.165, 1.54) is 58.9 Å². The van der Waals surface area contributed by atoms with E-state index in [2.05, 4.69) is 240 Å². The third kappa shape index (κ3) is 5.14. The van der Waals surface area contributed by atoms with Crippen LogP contribution in [0.1, 0.15) is 0 Å². The predicted molar refractivity (Wildman–Crippen MR) is 264 cm³/mol. The van der Waals surface area contributed by atoms with Gasteiger partial charge in [-0.25, -0.2) is 9.97 Å². The van der Waals surface area contributed by atoms with Crippen molar-refractivity contribution >= 4 is 72.4 Å². The molecule has 4 nitrogen and oxygen atoms in total. The molecule has 0 radical (unpaired) electrons. The molecule has 0 atom stereocenters. The molecule has 0 amide bonds. The van der Waals surface area contributed by atoms with Gasteiger partial charge in [-0.15, -0.1) is 0 Å². The molecule has 3 aromatic heterocycles. The summed E-state index contributed by atoms with van der Waals surface area (Å²) in [4.78, 5) is 11.3. The molecular formula is C58H38N4Si. The van der Waals surface area contributed by atoms with Crippen LogP contribution >= 0.6 is 0 Å². The molecule has 13 rings (SSSR count). The Morgan fingerprint density at radius 2 is 0.921 bits per heavy atom. The van der Waals surface area contributed by atoms with Crippen LogP contribution in [0.3, 0.4) is 0 Å². The molecule has 0 unspecified atom stereocenters. The third-order valence-corrected chi connectivity index (χ3v) is 18.0. The summed E-state index contributed by atoms with van der Waals surface area (Å²) in [6, 6.07) is 83.7. The lowest BCUT2D eigenvalue weighted by atomic mass is 10.1. The zero-order valence-corrected chi connectivity index (χ0v) is 35.2. The van der Waals surface area contributed by atoms with Crippen LogP contribution in [-0.2, 0) is 0 Å². The summed E-state index contributed by atoms with van der Waals surface area (Å²) in [6.07, 6.45) is 0. The lowest BCUT2D eigenvalue weighted by molar-refractivity contribution is 1.16. The minimum Gasteiger partial charge on any atom is -0.309 e. The largest absolute Gasteiger partial charge is 0.309 e. The predicted octanol–water partition coefficient (Wildman–Crippen LogP) is 11.4. The summed E-state index contributed by atoms with van der Waals surface area (Å²) >= 11 is 0. The Balaban J connectivity index is 1.08. The van der Waals surface area contributed by atoms with E-state index in [1.54, 1.807) is 0 Å². The first-order chi connectivity index (χ1) is 31.3. The molecule has 294 valence electrons. The zero-order chi connectivity index (χ0) is 41.5. The Labute approximate surface area is 365 Å². The van der Waals surface area contributed by atoms with Crippen molar-refractivity contribution in [1.29, 1.82) is 0 Å². The van der Waals surface area contributed by atoms with Gasteiger partial charge in [-0.1, -0.05) is 188 Å². The minimum absolute atomic E-state index is 0.711. The normalized spacial score (nSPS) is 12.9. The van der Waals surface area contributed by atoms with Gasteiger partial charge in [-0.3, -0.25) is 0 Å². The summed E-state index contributed by atoms with van der Waals surface area (Å²) in [5.74, 6) is 0.711. The van der Waals surface area contributed by atoms with Gasteiger partial charge in [0.1, 0.15) is 0 Å². The number of para-hydroxylation sites is 3. The molecule has 1 aliphatic rings. The van der Waals surface area contributed by atoms with Crippen LogP contribution in [0.25, 0.3) is 88.9 Å². The molecule has 4 heterocycles. The van der Waals surface area contributed by atoms with E-state index in [9.17, 15) is 0 Å². The lowest BCUT2D eigenvalue weighted by Gasteiger charge is -2.32. The smallest absolute Gasteiger partial charge is 0.185 e. The summed E-state index contributed by atoms with van der Waals surface area (Å²) < 4.78 is 4.86. The molecule has 63 heavy (non-hydrogen) atoms. The van der Waals surface area contributed by atoms with Gasteiger partial charge in [-0.2, -0.15) is 0 Å². The van der Waals surface area contributed by atoms with Gasteiger partial charge in [-0.05, 0) is 58.0 Å². The van der Waals surface area contributed by atoms with Crippen molar-refractivity contribution in [1.82, 2.24) is 19.1 Å². The fraction of sp³-hybridized carbons (Fsp3) is 0. The minimum atomic E-state index is -2.89. The van der Waals surface area contributed by atoms with Gasteiger partial charge in [0.15, 0.2) is 13.9 Å². The molecule has 0 N–H and O–H groups in total. The first-order valence-corrected chi connectivity index (χ1v) is 23.6. The Morgan fingerprint density at radius 1 is 0.365 bits per heavy atom. The number of hydrogen-bond acceptors (Lipinski definition) is 2. The topological polar surface area (TPSA) is 35.6 Å². The van der Waals surface area contributed by atoms with Crippen LogP contribution in [0.15, 0.2) is 231 Å². The van der Waals surface area contributed by atoms with Crippen LogP contribution in [0, 0.1) is 0 Å². The third-order valence-electron chi connectivity index (χ3n) is 13.2. The Bertz CT molecular complexity index is 3690. The maximum atomic E-state index is 5.68. The van der Waals surface area contributed by atoms with Crippen LogP contribution in [-0.4, -0.2) is 27.2 Å². The quantitative estimate of drug-likeness (QED) is 0.157. The van der Waals surface area contributed by atoms with Gasteiger partial charge >= 0.3 is 0 Å². The van der Waals surface area contributed by atoms with E-state index < -0.39 is 8.07 Å². The second kappa shape index (κ2) is 14.0. The highest BCUT2D eigenvalue weighted by atomic mass is 28.3. The highest BCUT2D eigenvalue weighted by molar-refractivity contribution is 7.22. The van der Waals surface area contributed by atoms with Crippen LogP contribution in [0.5, 0.6) is 0 Å². The molecule has 5 heteroatoms. The SMILES string of the molecule is c1ccc(-c2nc(-c3cccc(-n4c5ccccc5c5c4ccc4c6ccccc6n(-c6ccccc6)c45)c3)nc3c2[Si](c2ccccc2)(c2ccccc2)c2ccccc2-3)cc1. The number of aromatic nitrogens is 4. The fourth-order valence-corrected chi connectivity index (χ4v) is 15.9. The van der Waals surface area contributed by atoms with Gasteiger partial charge in [0.25, 0.3) is 0 Å². The van der Waals surface area contributed by atoms with Crippen molar-refractivity contribution in [2.24, 2.45) is 0 Å². The first kappa shape index (κ1) is 35.6. The number of fused-ring (bicyclic) bond motifs is 10. The van der Waals surface area contributed by atoms with Gasteiger partial charge in [0.05, 0.1) is 33.5 Å². The second-order valence-electron chi connectivity index (χ2n) is 16.5. The van der Waals surface area contributed by atoms with Crippen molar-refractivity contribution in [2.45, 2.75) is 0 Å². The molecule has 0 saturated heterocycles. The summed E-state index contributed by atoms with van der Waals surface area (Å²) in [6.45, 7) is 0. The molecule has 9 aromatic carbocycles. The standard InChI is InChI=1S/C58H38N4Si/c1-5-20-39(21-6-1)54-57-55(48-32-15-18-35-52(48)63(57,43-26-9-3-10-27-43)44-28-11-4-12-29-44)60-58(59-54)40-22-19-25-42(38-40)61-50-34-17-14-31-47(50)53-51(61)37-36-46-45-30-13-16-33-49(45)62(56(46)53)41-23-7-2-8-24-41/h1-38H. The zero-order valence-electron chi connectivity index (χ0n) is 34.2. The molecule has 12 aromatic rings. The molecule has 0 spiro atoms. The van der Waals surface area contributed by atoms with E-state index in [0.717, 1.165) is 44.9 Å². The number of nitrogens with zero attached hydrogens (tertiary/aromatic N) is 4. The van der Waals surface area contributed by atoms with E-state index in [0.29, 0.717) is 5.82 Å². The molecule has 0 fully saturated rings. The van der Waals surface area contributed by atoms with E-state index in [4.69, 9.17) is 9.97 Å². The van der Waals surface area contributed by atoms with Gasteiger partial charge in [0, 0.05) is 54.8 Å². The summed E-state index contributed by atoms with van der Waals surface area (Å²) in [5, 5.41) is 10.2. The van der Waals surface area contributed by atoms with Crippen molar-refractivity contribution in [3.63, 3.8) is 0 Å². The highest BCUT2D eigenvalue weighted by Crippen LogP contribution is 2.42. The molecule has 0 saturated carbocycles. The van der Waals surface area contributed by atoms with Gasteiger partial charge < -0.3 is 9.13 Å². The lowest BCUT2D eigenvalue weighted by Crippen LogP contribution is -2.73. The van der Waals surface area contributed by atoms with Crippen molar-refractivity contribution in [3.8, 4) is 45.3 Å². The van der Waals surface area contributed by atoms with Crippen molar-refractivity contribution in [3.05, 3.63) is 231 Å². The van der Waals surface area contributed by atoms with Gasteiger partial charge in [0.2, 0.25) is 0 Å². The van der Waals surface area contributed by atoms with E-state index in [-0.39, 0.29) is 0 Å². The van der Waals surface area contributed by atoms with Crippen LogP contribution < -0.4 is 20.7 Å². The Morgan fingerprint density at radius 3 is 1.65 bits per heavy atom. The molecule has 1 aliphatic heterocycles. The van der Waals surface area contributed by atoms with Crippen molar-refractivity contribution in [2.75, 3.05) is 0 Å². The molecule has 0 bridgehead atoms. The highest BCUT2D eigenvalue weighted by Gasteiger charge is 2.51. The van der Waals surface area contributed by atoms with Crippen molar-refractivity contribution < 1.29 is 0 Å². The number of benzene rings is 9. The Kier molecular flexibility index (Phi) is 7.89. The second-order valence-corrected chi connectivity index (χ2v) is 20.2. The first-order valence-electron chi connectivity index (χ1n) is 21.6. The van der Waals surface area contributed by atoms with E-state index >= 15 is 0 Å². The maximum absolute atomic E-state index is 5.68. The summed E-state index contributed by atoms with van der Waals surface area (Å²) in [7, 11) is -2.89. The molecule has 0 aliphatic carbocycles. The van der Waals surface area contributed by atoms with Crippen LogP contribution in [0.4, 0.5) is 0 Å². The number of hydrogen-bond donors (Lipinski definition) is 0. The van der Waals surface area contributed by atoms with E-state index in [1.807, 2.05) is 0 Å². The summed E-state index contributed by atoms with van der Waals surface area (Å²) in [5.41, 5.74) is 12.2. The average molecular weight is 819 g/mol. The molecular weight excluding hydrogens is 781 g/mol. The number of rotatable bonds is 6. The van der Waals surface area contributed by atoms with Crippen LogP contribution in [0.2, 0.25) is 0 Å². The monoisotopic (exact) mass is 818 g/mol. The maximum Gasteiger partial charge on any atom is 0.185 e.